The van der Waals surface area contributed by atoms with Gasteiger partial charge >= 0.3 is 0 Å². The van der Waals surface area contributed by atoms with Crippen LogP contribution in [0.1, 0.15) is 0 Å². The van der Waals surface area contributed by atoms with Crippen LogP contribution in [0.25, 0.3) is 0 Å². The molecule has 0 saturated carbocycles. The fourth-order valence-electron chi connectivity index (χ4n) is 0. The SMILES string of the molecule is OCO.[Pd]. The van der Waals surface area contributed by atoms with Crippen LogP contribution < -0.4 is 0 Å². The second kappa shape index (κ2) is 9.54. The van der Waals surface area contributed by atoms with E-state index in [1.54, 1.807) is 0 Å². The summed E-state index contributed by atoms with van der Waals surface area (Å²) >= 11 is 0. The van der Waals surface area contributed by atoms with Crippen molar-refractivity contribution in [3.8, 4) is 0 Å². The van der Waals surface area contributed by atoms with Gasteiger partial charge in [-0.2, -0.15) is 0 Å². The molecule has 0 aliphatic carbocycles. The van der Waals surface area contributed by atoms with Gasteiger partial charge in [-0.1, -0.05) is 0 Å². The molecule has 0 aliphatic rings. The predicted octanol–water partition coefficient (Wildman–Crippen LogP) is -1.07. The molecule has 0 heterocycles. The van der Waals surface area contributed by atoms with Crippen molar-refractivity contribution >= 4 is 0 Å². The van der Waals surface area contributed by atoms with E-state index in [4.69, 9.17) is 10.2 Å². The molecule has 0 amide bonds. The van der Waals surface area contributed by atoms with Crippen molar-refractivity contribution in [2.75, 3.05) is 6.79 Å². The van der Waals surface area contributed by atoms with E-state index in [-0.39, 0.29) is 20.4 Å². The Morgan fingerprint density at radius 1 is 1.25 bits per heavy atom. The topological polar surface area (TPSA) is 40.5 Å². The standard InChI is InChI=1S/CH4O2.Pd/c2-1-3;/h2-3H,1H2;. The van der Waals surface area contributed by atoms with Crippen LogP contribution in [0.3, 0.4) is 0 Å². The minimum absolute atomic E-state index is 0. The van der Waals surface area contributed by atoms with E-state index in [9.17, 15) is 0 Å². The number of hydrogen-bond donors (Lipinski definition) is 2. The van der Waals surface area contributed by atoms with Gasteiger partial charge in [0.1, 0.15) is 6.79 Å². The number of hydrogen-bond acceptors (Lipinski definition) is 2. The summed E-state index contributed by atoms with van der Waals surface area (Å²) in [5.41, 5.74) is 0. The van der Waals surface area contributed by atoms with Crippen LogP contribution in [0.4, 0.5) is 0 Å². The van der Waals surface area contributed by atoms with Crippen LogP contribution in [0, 0.1) is 0 Å². The van der Waals surface area contributed by atoms with Crippen molar-refractivity contribution in [2.45, 2.75) is 0 Å². The Labute approximate surface area is 38.1 Å². The molecule has 0 radical (unpaired) electrons. The molecule has 0 rings (SSSR count). The van der Waals surface area contributed by atoms with Gasteiger partial charge in [0.25, 0.3) is 0 Å². The van der Waals surface area contributed by atoms with E-state index >= 15 is 0 Å². The molecule has 0 atom stereocenters. The smallest absolute Gasteiger partial charge is 0.140 e. The summed E-state index contributed by atoms with van der Waals surface area (Å²) < 4.78 is 0. The first-order valence-electron chi connectivity index (χ1n) is 0.632. The van der Waals surface area contributed by atoms with Crippen LogP contribution in [-0.4, -0.2) is 17.0 Å². The molecule has 0 aliphatic heterocycles. The predicted molar refractivity (Wildman–Crippen MR) is 9.30 cm³/mol. The molecule has 0 bridgehead atoms. The van der Waals surface area contributed by atoms with Crippen molar-refractivity contribution < 1.29 is 30.6 Å². The van der Waals surface area contributed by atoms with Crippen molar-refractivity contribution in [1.29, 1.82) is 0 Å². The van der Waals surface area contributed by atoms with Crippen LogP contribution in [0.15, 0.2) is 0 Å². The molecule has 30 valence electrons. The van der Waals surface area contributed by atoms with E-state index in [1.807, 2.05) is 0 Å². The second-order valence-electron chi connectivity index (χ2n) is 0.141. The molecule has 2 nitrogen and oxygen atoms in total. The van der Waals surface area contributed by atoms with Gasteiger partial charge in [0, 0.05) is 20.4 Å². The first-order valence-corrected chi connectivity index (χ1v) is 0.632. The minimum Gasteiger partial charge on any atom is -0.371 e. The summed E-state index contributed by atoms with van der Waals surface area (Å²) in [7, 11) is 0. The summed E-state index contributed by atoms with van der Waals surface area (Å²) in [6.07, 6.45) is 0. The van der Waals surface area contributed by atoms with Crippen molar-refractivity contribution in [3.63, 3.8) is 0 Å². The normalized spacial score (nSPS) is 4.50. The Morgan fingerprint density at radius 2 is 1.25 bits per heavy atom. The Morgan fingerprint density at radius 3 is 1.25 bits per heavy atom. The summed E-state index contributed by atoms with van der Waals surface area (Å²) in [5, 5.41) is 14.2. The fraction of sp³-hybridized carbons (Fsp3) is 1.00. The van der Waals surface area contributed by atoms with Crippen molar-refractivity contribution in [3.05, 3.63) is 0 Å². The molecule has 0 aromatic carbocycles. The van der Waals surface area contributed by atoms with Crippen molar-refractivity contribution in [2.24, 2.45) is 0 Å². The maximum atomic E-state index is 7.12. The Bertz CT molecular complexity index is 6.00. The van der Waals surface area contributed by atoms with E-state index in [0.717, 1.165) is 0 Å². The largest absolute Gasteiger partial charge is 0.371 e. The Kier molecular flexibility index (Phi) is 21.0. The van der Waals surface area contributed by atoms with Crippen molar-refractivity contribution in [1.82, 2.24) is 0 Å². The molecule has 3 heteroatoms. The van der Waals surface area contributed by atoms with Gasteiger partial charge in [0.2, 0.25) is 0 Å². The minimum atomic E-state index is -0.750. The van der Waals surface area contributed by atoms with Gasteiger partial charge in [0.05, 0.1) is 0 Å². The first kappa shape index (κ1) is 8.82. The number of aliphatic hydroxyl groups excluding tert-OH is 1. The average molecular weight is 154 g/mol. The van der Waals surface area contributed by atoms with E-state index in [1.165, 1.54) is 0 Å². The van der Waals surface area contributed by atoms with E-state index in [0.29, 0.717) is 0 Å². The van der Waals surface area contributed by atoms with E-state index in [2.05, 4.69) is 0 Å². The molecule has 0 unspecified atom stereocenters. The zero-order valence-corrected chi connectivity index (χ0v) is 3.47. The fourth-order valence-corrected chi connectivity index (χ4v) is 0. The molecule has 0 saturated heterocycles. The molecule has 0 aromatic rings. The van der Waals surface area contributed by atoms with Crippen LogP contribution in [0.2, 0.25) is 0 Å². The zero-order valence-electron chi connectivity index (χ0n) is 1.92. The third-order valence-corrected chi connectivity index (χ3v) is 0. The van der Waals surface area contributed by atoms with Gasteiger partial charge in [-0.3, -0.25) is 0 Å². The molecule has 4 heavy (non-hydrogen) atoms. The summed E-state index contributed by atoms with van der Waals surface area (Å²) in [6, 6.07) is 0. The van der Waals surface area contributed by atoms with Gasteiger partial charge in [-0.15, -0.1) is 0 Å². The monoisotopic (exact) mass is 154 g/mol. The maximum Gasteiger partial charge on any atom is 0.140 e. The third-order valence-electron chi connectivity index (χ3n) is 0. The Hall–Kier alpha value is 0.582. The van der Waals surface area contributed by atoms with Gasteiger partial charge in [-0.25, -0.2) is 0 Å². The molecule has 2 N–H and O–H groups in total. The second-order valence-corrected chi connectivity index (χ2v) is 0.141. The summed E-state index contributed by atoms with van der Waals surface area (Å²) in [6.45, 7) is -0.750. The van der Waals surface area contributed by atoms with Gasteiger partial charge < -0.3 is 10.2 Å². The molecule has 0 aromatic heterocycles. The number of rotatable bonds is 0. The quantitative estimate of drug-likeness (QED) is 0.344. The average Bonchev–Trinajstić information content (AvgIpc) is 0.918. The molecule has 0 fully saturated rings. The molecular weight excluding hydrogens is 150 g/mol. The number of aliphatic hydroxyl groups is 2. The van der Waals surface area contributed by atoms with Gasteiger partial charge in [0.15, 0.2) is 0 Å². The first-order chi connectivity index (χ1) is 1.41. The Balaban J connectivity index is 0. The van der Waals surface area contributed by atoms with E-state index < -0.39 is 6.79 Å². The van der Waals surface area contributed by atoms with Gasteiger partial charge in [-0.05, 0) is 0 Å². The molecule has 0 spiro atoms. The van der Waals surface area contributed by atoms with Crippen LogP contribution in [-0.2, 0) is 20.4 Å². The summed E-state index contributed by atoms with van der Waals surface area (Å²) in [4.78, 5) is 0. The summed E-state index contributed by atoms with van der Waals surface area (Å²) in [5.74, 6) is 0. The van der Waals surface area contributed by atoms with Crippen LogP contribution >= 0.6 is 0 Å². The van der Waals surface area contributed by atoms with Crippen LogP contribution in [0.5, 0.6) is 0 Å². The molecular formula is CH4O2Pd. The maximum absolute atomic E-state index is 7.12. The third kappa shape index (κ3) is 19.1. The zero-order chi connectivity index (χ0) is 2.71.